The molecule has 0 aromatic carbocycles. The Kier molecular flexibility index (Phi) is 5.31. The van der Waals surface area contributed by atoms with Gasteiger partial charge >= 0.3 is 12.1 Å². The monoisotopic (exact) mass is 270 g/mol. The number of thiazole rings is 1. The van der Waals surface area contributed by atoms with E-state index in [-0.39, 0.29) is 11.5 Å². The maximum Gasteiger partial charge on any atom is 0.407 e. The van der Waals surface area contributed by atoms with Gasteiger partial charge in [-0.1, -0.05) is 12.7 Å². The molecule has 7 heteroatoms. The summed E-state index contributed by atoms with van der Waals surface area (Å²) in [6.45, 7) is 5.58. The SMILES string of the molecule is C=CCOC(=O)NCCc1nc(C)c(C(=O)O)s1. The van der Waals surface area contributed by atoms with Crippen LogP contribution in [0.15, 0.2) is 12.7 Å². The van der Waals surface area contributed by atoms with E-state index in [0.29, 0.717) is 23.7 Å². The van der Waals surface area contributed by atoms with Crippen LogP contribution < -0.4 is 5.32 Å². The Labute approximate surface area is 108 Å². The van der Waals surface area contributed by atoms with Crippen LogP contribution >= 0.6 is 11.3 Å². The molecule has 1 rings (SSSR count). The minimum absolute atomic E-state index is 0.158. The Morgan fingerprint density at radius 3 is 2.89 bits per heavy atom. The van der Waals surface area contributed by atoms with E-state index in [1.807, 2.05) is 0 Å². The molecule has 2 N–H and O–H groups in total. The molecule has 0 fully saturated rings. The maximum absolute atomic E-state index is 11.1. The lowest BCUT2D eigenvalue weighted by Crippen LogP contribution is -2.26. The van der Waals surface area contributed by atoms with E-state index >= 15 is 0 Å². The summed E-state index contributed by atoms with van der Waals surface area (Å²) in [5.41, 5.74) is 0.497. The molecule has 0 saturated carbocycles. The van der Waals surface area contributed by atoms with Crippen molar-refractivity contribution in [3.05, 3.63) is 28.2 Å². The molecule has 0 saturated heterocycles. The third-order valence-corrected chi connectivity index (χ3v) is 3.18. The number of hydrogen-bond donors (Lipinski definition) is 2. The predicted molar refractivity (Wildman–Crippen MR) is 67.1 cm³/mol. The first-order chi connectivity index (χ1) is 8.54. The Bertz CT molecular complexity index is 456. The predicted octanol–water partition coefficient (Wildman–Crippen LogP) is 1.60. The lowest BCUT2D eigenvalue weighted by atomic mass is 10.4. The van der Waals surface area contributed by atoms with E-state index in [4.69, 9.17) is 9.84 Å². The number of aryl methyl sites for hydroxylation is 1. The van der Waals surface area contributed by atoms with Crippen molar-refractivity contribution in [2.24, 2.45) is 0 Å². The molecule has 1 heterocycles. The third-order valence-electron chi connectivity index (χ3n) is 1.98. The van der Waals surface area contributed by atoms with E-state index in [2.05, 4.69) is 16.9 Å². The van der Waals surface area contributed by atoms with Gasteiger partial charge in [0.1, 0.15) is 11.5 Å². The van der Waals surface area contributed by atoms with Crippen molar-refractivity contribution in [3.8, 4) is 0 Å². The van der Waals surface area contributed by atoms with Gasteiger partial charge in [0, 0.05) is 13.0 Å². The Morgan fingerprint density at radius 1 is 1.61 bits per heavy atom. The fourth-order valence-corrected chi connectivity index (χ4v) is 2.12. The average molecular weight is 270 g/mol. The first kappa shape index (κ1) is 14.2. The van der Waals surface area contributed by atoms with Gasteiger partial charge in [-0.3, -0.25) is 0 Å². The lowest BCUT2D eigenvalue weighted by molar-refractivity contribution is 0.0701. The van der Waals surface area contributed by atoms with E-state index in [1.54, 1.807) is 6.92 Å². The number of carbonyl (C=O) groups excluding carboxylic acids is 1. The Balaban J connectivity index is 2.40. The number of carbonyl (C=O) groups is 2. The molecule has 1 aromatic rings. The number of carboxylic acids is 1. The Hall–Kier alpha value is -1.89. The topological polar surface area (TPSA) is 88.5 Å². The van der Waals surface area contributed by atoms with Gasteiger partial charge in [-0.25, -0.2) is 14.6 Å². The van der Waals surface area contributed by atoms with Crippen molar-refractivity contribution in [1.29, 1.82) is 0 Å². The van der Waals surface area contributed by atoms with Crippen LogP contribution in [-0.4, -0.2) is 35.3 Å². The molecule has 18 heavy (non-hydrogen) atoms. The molecular formula is C11H14N2O4S. The second kappa shape index (κ2) is 6.75. The molecule has 98 valence electrons. The van der Waals surface area contributed by atoms with Gasteiger partial charge in [-0.2, -0.15) is 0 Å². The molecule has 0 bridgehead atoms. The summed E-state index contributed by atoms with van der Waals surface area (Å²) in [6.07, 6.45) is 1.42. The lowest BCUT2D eigenvalue weighted by Gasteiger charge is -2.03. The van der Waals surface area contributed by atoms with Gasteiger partial charge in [0.15, 0.2) is 0 Å². The van der Waals surface area contributed by atoms with Crippen molar-refractivity contribution in [2.45, 2.75) is 13.3 Å². The number of carboxylic acid groups (broad SMARTS) is 1. The molecule has 0 atom stereocenters. The summed E-state index contributed by atoms with van der Waals surface area (Å²) in [5, 5.41) is 12.1. The number of nitrogens with zero attached hydrogens (tertiary/aromatic N) is 1. The first-order valence-corrected chi connectivity index (χ1v) is 6.07. The van der Waals surface area contributed by atoms with Crippen LogP contribution in [0.5, 0.6) is 0 Å². The number of aromatic nitrogens is 1. The number of rotatable bonds is 6. The van der Waals surface area contributed by atoms with Crippen molar-refractivity contribution in [3.63, 3.8) is 0 Å². The molecule has 1 amide bonds. The standard InChI is InChI=1S/C11H14N2O4S/c1-3-6-17-11(16)12-5-4-8-13-7(2)9(18-8)10(14)15/h3H,1,4-6H2,2H3,(H,12,16)(H,14,15). The zero-order valence-electron chi connectivity index (χ0n) is 9.93. The van der Waals surface area contributed by atoms with Crippen LogP contribution in [0.1, 0.15) is 20.4 Å². The number of aromatic carboxylic acids is 1. The molecule has 0 unspecified atom stereocenters. The van der Waals surface area contributed by atoms with E-state index in [0.717, 1.165) is 11.3 Å². The minimum atomic E-state index is -0.977. The largest absolute Gasteiger partial charge is 0.477 e. The Morgan fingerprint density at radius 2 is 2.33 bits per heavy atom. The third kappa shape index (κ3) is 4.17. The summed E-state index contributed by atoms with van der Waals surface area (Å²) < 4.78 is 4.72. The number of hydrogen-bond acceptors (Lipinski definition) is 5. The zero-order valence-corrected chi connectivity index (χ0v) is 10.7. The fourth-order valence-electron chi connectivity index (χ4n) is 1.21. The minimum Gasteiger partial charge on any atom is -0.477 e. The van der Waals surface area contributed by atoms with Crippen LogP contribution in [0.2, 0.25) is 0 Å². The number of ether oxygens (including phenoxy) is 1. The van der Waals surface area contributed by atoms with E-state index in [9.17, 15) is 9.59 Å². The van der Waals surface area contributed by atoms with Crippen molar-refractivity contribution in [1.82, 2.24) is 10.3 Å². The highest BCUT2D eigenvalue weighted by Crippen LogP contribution is 2.17. The molecule has 6 nitrogen and oxygen atoms in total. The molecule has 1 aromatic heterocycles. The summed E-state index contributed by atoms with van der Waals surface area (Å²) in [6, 6.07) is 0. The summed E-state index contributed by atoms with van der Waals surface area (Å²) in [7, 11) is 0. The molecule has 0 radical (unpaired) electrons. The highest BCUT2D eigenvalue weighted by Gasteiger charge is 2.13. The van der Waals surface area contributed by atoms with Gasteiger partial charge in [-0.05, 0) is 6.92 Å². The molecular weight excluding hydrogens is 256 g/mol. The van der Waals surface area contributed by atoms with Crippen molar-refractivity contribution in [2.75, 3.05) is 13.2 Å². The van der Waals surface area contributed by atoms with Gasteiger partial charge < -0.3 is 15.2 Å². The molecule has 0 aliphatic rings. The fraction of sp³-hybridized carbons (Fsp3) is 0.364. The van der Waals surface area contributed by atoms with E-state index < -0.39 is 12.1 Å². The van der Waals surface area contributed by atoms with Crippen molar-refractivity contribution < 1.29 is 19.4 Å². The number of alkyl carbamates (subject to hydrolysis) is 1. The summed E-state index contributed by atoms with van der Waals surface area (Å²) in [4.78, 5) is 26.2. The smallest absolute Gasteiger partial charge is 0.407 e. The first-order valence-electron chi connectivity index (χ1n) is 5.25. The van der Waals surface area contributed by atoms with Crippen LogP contribution in [0, 0.1) is 6.92 Å². The summed E-state index contributed by atoms with van der Waals surface area (Å²) in [5.74, 6) is -0.977. The number of amides is 1. The second-order valence-electron chi connectivity index (χ2n) is 3.39. The normalized spacial score (nSPS) is 9.83. The van der Waals surface area contributed by atoms with Gasteiger partial charge in [0.05, 0.1) is 10.7 Å². The highest BCUT2D eigenvalue weighted by atomic mass is 32.1. The quantitative estimate of drug-likeness (QED) is 0.766. The van der Waals surface area contributed by atoms with Gasteiger partial charge in [-0.15, -0.1) is 11.3 Å². The maximum atomic E-state index is 11.1. The van der Waals surface area contributed by atoms with E-state index in [1.165, 1.54) is 6.08 Å². The average Bonchev–Trinajstić information content (AvgIpc) is 2.68. The molecule has 0 spiro atoms. The highest BCUT2D eigenvalue weighted by molar-refractivity contribution is 7.13. The van der Waals surface area contributed by atoms with Crippen LogP contribution in [0.4, 0.5) is 4.79 Å². The van der Waals surface area contributed by atoms with Crippen LogP contribution in [0.3, 0.4) is 0 Å². The molecule has 0 aliphatic carbocycles. The number of nitrogens with one attached hydrogen (secondary N) is 1. The van der Waals surface area contributed by atoms with Gasteiger partial charge in [0.25, 0.3) is 0 Å². The van der Waals surface area contributed by atoms with Crippen LogP contribution in [0.25, 0.3) is 0 Å². The van der Waals surface area contributed by atoms with Crippen LogP contribution in [-0.2, 0) is 11.2 Å². The van der Waals surface area contributed by atoms with Gasteiger partial charge in [0.2, 0.25) is 0 Å². The summed E-state index contributed by atoms with van der Waals surface area (Å²) >= 11 is 1.12. The molecule has 0 aliphatic heterocycles. The second-order valence-corrected chi connectivity index (χ2v) is 4.47. The zero-order chi connectivity index (χ0) is 13.5. The van der Waals surface area contributed by atoms with Crippen molar-refractivity contribution >= 4 is 23.4 Å².